The van der Waals surface area contributed by atoms with Crippen LogP contribution in [0.15, 0.2) is 48.7 Å². The van der Waals surface area contributed by atoms with Gasteiger partial charge >= 0.3 is 0 Å². The summed E-state index contributed by atoms with van der Waals surface area (Å²) in [6, 6.07) is 13.7. The van der Waals surface area contributed by atoms with Crippen molar-refractivity contribution in [2.75, 3.05) is 13.7 Å². The van der Waals surface area contributed by atoms with Crippen LogP contribution in [0.5, 0.6) is 11.6 Å². The van der Waals surface area contributed by atoms with Crippen molar-refractivity contribution < 1.29 is 9.47 Å². The minimum absolute atomic E-state index is 0.0724. The summed E-state index contributed by atoms with van der Waals surface area (Å²) in [5.41, 5.74) is 1.22. The SMILES string of the molecule is COc1ccc(CNC[C@H](C)Oc2ccccn2)cc1. The van der Waals surface area contributed by atoms with E-state index in [0.29, 0.717) is 5.88 Å². The fourth-order valence-electron chi connectivity index (χ4n) is 1.83. The maximum Gasteiger partial charge on any atom is 0.213 e. The minimum atomic E-state index is 0.0724. The van der Waals surface area contributed by atoms with Gasteiger partial charge in [0.05, 0.1) is 7.11 Å². The first-order valence-corrected chi connectivity index (χ1v) is 6.69. The van der Waals surface area contributed by atoms with Gasteiger partial charge in [-0.25, -0.2) is 4.98 Å². The van der Waals surface area contributed by atoms with Gasteiger partial charge in [-0.15, -0.1) is 0 Å². The van der Waals surface area contributed by atoms with E-state index in [1.165, 1.54) is 5.56 Å². The molecule has 0 amide bonds. The van der Waals surface area contributed by atoms with Crippen molar-refractivity contribution in [2.24, 2.45) is 0 Å². The number of hydrogen-bond donors (Lipinski definition) is 1. The molecule has 1 atom stereocenters. The van der Waals surface area contributed by atoms with E-state index >= 15 is 0 Å². The third kappa shape index (κ3) is 4.55. The molecule has 0 unspecified atom stereocenters. The van der Waals surface area contributed by atoms with E-state index in [1.54, 1.807) is 13.3 Å². The molecule has 1 aromatic heterocycles. The highest BCUT2D eigenvalue weighted by Gasteiger charge is 2.04. The Labute approximate surface area is 119 Å². The quantitative estimate of drug-likeness (QED) is 0.841. The van der Waals surface area contributed by atoms with Crippen molar-refractivity contribution in [1.29, 1.82) is 0 Å². The van der Waals surface area contributed by atoms with Gasteiger partial charge in [0, 0.05) is 25.4 Å². The molecule has 0 spiro atoms. The lowest BCUT2D eigenvalue weighted by molar-refractivity contribution is 0.208. The molecular weight excluding hydrogens is 252 g/mol. The van der Waals surface area contributed by atoms with Crippen LogP contribution in [0, 0.1) is 0 Å². The summed E-state index contributed by atoms with van der Waals surface area (Å²) < 4.78 is 10.8. The normalized spacial score (nSPS) is 11.9. The Bertz CT molecular complexity index is 500. The highest BCUT2D eigenvalue weighted by atomic mass is 16.5. The molecule has 4 heteroatoms. The number of nitrogens with zero attached hydrogens (tertiary/aromatic N) is 1. The molecule has 0 saturated carbocycles. The summed E-state index contributed by atoms with van der Waals surface area (Å²) in [7, 11) is 1.67. The zero-order valence-electron chi connectivity index (χ0n) is 11.9. The standard InChI is InChI=1S/C16H20N2O2/c1-13(20-16-5-3-4-10-18-16)11-17-12-14-6-8-15(19-2)9-7-14/h3-10,13,17H,11-12H2,1-2H3/t13-/m0/s1. The largest absolute Gasteiger partial charge is 0.497 e. The molecule has 0 bridgehead atoms. The fraction of sp³-hybridized carbons (Fsp3) is 0.312. The Balaban J connectivity index is 1.72. The number of rotatable bonds is 7. The van der Waals surface area contributed by atoms with Crippen molar-refractivity contribution in [3.63, 3.8) is 0 Å². The van der Waals surface area contributed by atoms with Gasteiger partial charge in [-0.05, 0) is 30.7 Å². The van der Waals surface area contributed by atoms with Crippen LogP contribution in [0.4, 0.5) is 0 Å². The average molecular weight is 272 g/mol. The van der Waals surface area contributed by atoms with Gasteiger partial charge in [0.15, 0.2) is 0 Å². The summed E-state index contributed by atoms with van der Waals surface area (Å²) in [5.74, 6) is 1.53. The number of ether oxygens (including phenoxy) is 2. The van der Waals surface area contributed by atoms with Crippen LogP contribution in [0.1, 0.15) is 12.5 Å². The van der Waals surface area contributed by atoms with Crippen LogP contribution in [-0.2, 0) is 6.54 Å². The van der Waals surface area contributed by atoms with Gasteiger partial charge in [0.1, 0.15) is 11.9 Å². The summed E-state index contributed by atoms with van der Waals surface area (Å²) in [6.45, 7) is 3.60. The second-order valence-electron chi connectivity index (χ2n) is 4.58. The van der Waals surface area contributed by atoms with Gasteiger partial charge in [0.25, 0.3) is 0 Å². The second kappa shape index (κ2) is 7.50. The smallest absolute Gasteiger partial charge is 0.213 e. The van der Waals surface area contributed by atoms with Crippen LogP contribution >= 0.6 is 0 Å². The highest BCUT2D eigenvalue weighted by molar-refractivity contribution is 5.27. The second-order valence-corrected chi connectivity index (χ2v) is 4.58. The maximum atomic E-state index is 5.70. The summed E-state index contributed by atoms with van der Waals surface area (Å²) >= 11 is 0. The van der Waals surface area contributed by atoms with Crippen molar-refractivity contribution in [2.45, 2.75) is 19.6 Å². The average Bonchev–Trinajstić information content (AvgIpc) is 2.49. The molecule has 0 fully saturated rings. The minimum Gasteiger partial charge on any atom is -0.497 e. The monoisotopic (exact) mass is 272 g/mol. The van der Waals surface area contributed by atoms with E-state index in [2.05, 4.69) is 22.4 Å². The number of methoxy groups -OCH3 is 1. The molecule has 20 heavy (non-hydrogen) atoms. The zero-order valence-corrected chi connectivity index (χ0v) is 11.9. The molecule has 4 nitrogen and oxygen atoms in total. The molecule has 106 valence electrons. The Kier molecular flexibility index (Phi) is 5.38. The third-order valence-corrected chi connectivity index (χ3v) is 2.88. The summed E-state index contributed by atoms with van der Waals surface area (Å²) in [5, 5.41) is 3.37. The molecule has 0 aliphatic carbocycles. The predicted molar refractivity (Wildman–Crippen MR) is 79.0 cm³/mol. The number of benzene rings is 1. The van der Waals surface area contributed by atoms with E-state index in [-0.39, 0.29) is 6.10 Å². The van der Waals surface area contributed by atoms with E-state index < -0.39 is 0 Å². The van der Waals surface area contributed by atoms with Crippen molar-refractivity contribution in [3.05, 3.63) is 54.2 Å². The molecule has 2 rings (SSSR count). The number of hydrogen-bond acceptors (Lipinski definition) is 4. The molecule has 2 aromatic rings. The highest BCUT2D eigenvalue weighted by Crippen LogP contribution is 2.11. The van der Waals surface area contributed by atoms with Crippen LogP contribution in [0.25, 0.3) is 0 Å². The van der Waals surface area contributed by atoms with Crippen LogP contribution in [0.3, 0.4) is 0 Å². The van der Waals surface area contributed by atoms with Gasteiger partial charge in [0.2, 0.25) is 5.88 Å². The lowest BCUT2D eigenvalue weighted by Crippen LogP contribution is -2.28. The van der Waals surface area contributed by atoms with Crippen molar-refractivity contribution in [3.8, 4) is 11.6 Å². The van der Waals surface area contributed by atoms with Crippen LogP contribution < -0.4 is 14.8 Å². The lowest BCUT2D eigenvalue weighted by atomic mass is 10.2. The summed E-state index contributed by atoms with van der Waals surface area (Å²) in [6.07, 6.45) is 1.80. The Morgan fingerprint density at radius 3 is 2.60 bits per heavy atom. The number of pyridine rings is 1. The van der Waals surface area contributed by atoms with Gasteiger partial charge < -0.3 is 14.8 Å². The topological polar surface area (TPSA) is 43.4 Å². The third-order valence-electron chi connectivity index (χ3n) is 2.88. The fourth-order valence-corrected chi connectivity index (χ4v) is 1.83. The number of nitrogens with one attached hydrogen (secondary N) is 1. The molecule has 1 heterocycles. The molecular formula is C16H20N2O2. The first kappa shape index (κ1) is 14.3. The molecule has 1 N–H and O–H groups in total. The van der Waals surface area contributed by atoms with Crippen molar-refractivity contribution in [1.82, 2.24) is 10.3 Å². The van der Waals surface area contributed by atoms with Crippen LogP contribution in [-0.4, -0.2) is 24.7 Å². The van der Waals surface area contributed by atoms with Gasteiger partial charge in [-0.1, -0.05) is 18.2 Å². The molecule has 0 aliphatic heterocycles. The maximum absolute atomic E-state index is 5.70. The predicted octanol–water partition coefficient (Wildman–Crippen LogP) is 2.65. The van der Waals surface area contributed by atoms with E-state index in [4.69, 9.17) is 9.47 Å². The molecule has 1 aromatic carbocycles. The molecule has 0 saturated heterocycles. The van der Waals surface area contributed by atoms with E-state index in [1.807, 2.05) is 37.3 Å². The van der Waals surface area contributed by atoms with E-state index in [9.17, 15) is 0 Å². The first-order chi connectivity index (χ1) is 9.78. The van der Waals surface area contributed by atoms with Crippen LogP contribution in [0.2, 0.25) is 0 Å². The first-order valence-electron chi connectivity index (χ1n) is 6.69. The lowest BCUT2D eigenvalue weighted by Gasteiger charge is -2.14. The van der Waals surface area contributed by atoms with E-state index in [0.717, 1.165) is 18.8 Å². The van der Waals surface area contributed by atoms with Gasteiger partial charge in [-0.2, -0.15) is 0 Å². The Hall–Kier alpha value is -2.07. The Morgan fingerprint density at radius 1 is 1.15 bits per heavy atom. The number of aromatic nitrogens is 1. The molecule has 0 aliphatic rings. The molecule has 0 radical (unpaired) electrons. The zero-order chi connectivity index (χ0) is 14.2. The van der Waals surface area contributed by atoms with Crippen molar-refractivity contribution >= 4 is 0 Å². The Morgan fingerprint density at radius 2 is 1.95 bits per heavy atom. The summed E-state index contributed by atoms with van der Waals surface area (Å²) in [4.78, 5) is 4.14. The van der Waals surface area contributed by atoms with Gasteiger partial charge in [-0.3, -0.25) is 0 Å².